The van der Waals surface area contributed by atoms with Gasteiger partial charge in [-0.1, -0.05) is 18.2 Å². The van der Waals surface area contributed by atoms with Gasteiger partial charge in [0.05, 0.1) is 16.1 Å². The molecule has 0 aliphatic carbocycles. The monoisotopic (exact) mass is 283 g/mol. The summed E-state index contributed by atoms with van der Waals surface area (Å²) >= 11 is 0. The van der Waals surface area contributed by atoms with E-state index in [0.717, 1.165) is 0 Å². The molecule has 19 heavy (non-hydrogen) atoms. The molecular formula is C14H21NO3S. The molecule has 0 atom stereocenters. The van der Waals surface area contributed by atoms with Crippen molar-refractivity contribution < 1.29 is 13.2 Å². The van der Waals surface area contributed by atoms with Crippen LogP contribution in [0.1, 0.15) is 27.7 Å². The molecule has 1 aromatic carbocycles. The third-order valence-electron chi connectivity index (χ3n) is 3.05. The van der Waals surface area contributed by atoms with E-state index < -0.39 is 21.2 Å². The highest BCUT2D eigenvalue weighted by atomic mass is 32.2. The summed E-state index contributed by atoms with van der Waals surface area (Å²) in [6.45, 7) is 8.41. The zero-order chi connectivity index (χ0) is 14.3. The van der Waals surface area contributed by atoms with Crippen LogP contribution < -0.4 is 0 Å². The van der Waals surface area contributed by atoms with E-state index in [2.05, 4.69) is 0 Å². The number of nitrogens with zero attached hydrogens (tertiary/aromatic N) is 1. The molecule has 0 amide bonds. The molecule has 1 aliphatic rings. The molecule has 2 rings (SSSR count). The predicted octanol–water partition coefficient (Wildman–Crippen LogP) is 2.26. The van der Waals surface area contributed by atoms with Crippen LogP contribution >= 0.6 is 0 Å². The SMILES string of the molecule is CC1(C)CN(S(=O)(=O)c2ccccc2)CC(C)(C)O1. The van der Waals surface area contributed by atoms with Crippen molar-refractivity contribution in [3.63, 3.8) is 0 Å². The Bertz CT molecular complexity index is 533. The number of ether oxygens (including phenoxy) is 1. The minimum absolute atomic E-state index is 0.337. The highest BCUT2D eigenvalue weighted by molar-refractivity contribution is 7.89. The summed E-state index contributed by atoms with van der Waals surface area (Å²) in [5.74, 6) is 0. The van der Waals surface area contributed by atoms with E-state index in [1.54, 1.807) is 24.3 Å². The molecule has 0 unspecified atom stereocenters. The maximum Gasteiger partial charge on any atom is 0.243 e. The average molecular weight is 283 g/mol. The van der Waals surface area contributed by atoms with Gasteiger partial charge in [0, 0.05) is 13.1 Å². The second-order valence-electron chi connectivity index (χ2n) is 6.21. The summed E-state index contributed by atoms with van der Waals surface area (Å²) in [5.41, 5.74) is -0.965. The van der Waals surface area contributed by atoms with Crippen LogP contribution in [-0.4, -0.2) is 37.0 Å². The van der Waals surface area contributed by atoms with Gasteiger partial charge in [-0.3, -0.25) is 0 Å². The van der Waals surface area contributed by atoms with Crippen LogP contribution in [0, 0.1) is 0 Å². The number of morpholine rings is 1. The number of rotatable bonds is 2. The van der Waals surface area contributed by atoms with Crippen molar-refractivity contribution in [3.05, 3.63) is 30.3 Å². The fourth-order valence-electron chi connectivity index (χ4n) is 2.63. The van der Waals surface area contributed by atoms with Crippen molar-refractivity contribution in [2.75, 3.05) is 13.1 Å². The Morgan fingerprint density at radius 2 is 1.47 bits per heavy atom. The van der Waals surface area contributed by atoms with Gasteiger partial charge in [-0.05, 0) is 39.8 Å². The van der Waals surface area contributed by atoms with Gasteiger partial charge in [0.1, 0.15) is 0 Å². The maximum atomic E-state index is 12.6. The topological polar surface area (TPSA) is 46.6 Å². The van der Waals surface area contributed by atoms with Gasteiger partial charge in [0.2, 0.25) is 10.0 Å². The summed E-state index contributed by atoms with van der Waals surface area (Å²) in [5, 5.41) is 0. The molecule has 0 aromatic heterocycles. The Kier molecular flexibility index (Phi) is 3.49. The molecule has 0 radical (unpaired) electrons. The minimum Gasteiger partial charge on any atom is -0.367 e. The molecule has 106 valence electrons. The maximum absolute atomic E-state index is 12.6. The van der Waals surface area contributed by atoms with Crippen molar-refractivity contribution in [1.82, 2.24) is 4.31 Å². The van der Waals surface area contributed by atoms with Crippen LogP contribution in [0.5, 0.6) is 0 Å². The lowest BCUT2D eigenvalue weighted by Crippen LogP contribution is -2.58. The molecular weight excluding hydrogens is 262 g/mol. The zero-order valence-corrected chi connectivity index (χ0v) is 12.7. The Morgan fingerprint density at radius 3 is 1.95 bits per heavy atom. The third-order valence-corrected chi connectivity index (χ3v) is 4.85. The van der Waals surface area contributed by atoms with E-state index >= 15 is 0 Å². The first kappa shape index (κ1) is 14.5. The smallest absolute Gasteiger partial charge is 0.243 e. The Hall–Kier alpha value is -0.910. The summed E-state index contributed by atoms with van der Waals surface area (Å²) in [6.07, 6.45) is 0. The van der Waals surface area contributed by atoms with E-state index in [1.807, 2.05) is 33.8 Å². The largest absolute Gasteiger partial charge is 0.367 e. The van der Waals surface area contributed by atoms with E-state index in [9.17, 15) is 8.42 Å². The predicted molar refractivity (Wildman–Crippen MR) is 74.4 cm³/mol. The van der Waals surface area contributed by atoms with Crippen molar-refractivity contribution in [1.29, 1.82) is 0 Å². The second-order valence-corrected chi connectivity index (χ2v) is 8.15. The first-order valence-corrected chi connectivity index (χ1v) is 7.82. The van der Waals surface area contributed by atoms with Crippen molar-refractivity contribution >= 4 is 10.0 Å². The van der Waals surface area contributed by atoms with Gasteiger partial charge >= 0.3 is 0 Å². The number of benzene rings is 1. The fourth-order valence-corrected chi connectivity index (χ4v) is 4.39. The molecule has 1 heterocycles. The number of hydrogen-bond acceptors (Lipinski definition) is 3. The second kappa shape index (κ2) is 4.58. The van der Waals surface area contributed by atoms with E-state index in [-0.39, 0.29) is 0 Å². The molecule has 4 nitrogen and oxygen atoms in total. The van der Waals surface area contributed by atoms with Gasteiger partial charge in [-0.2, -0.15) is 4.31 Å². The first-order valence-electron chi connectivity index (χ1n) is 6.38. The minimum atomic E-state index is -3.45. The van der Waals surface area contributed by atoms with Gasteiger partial charge in [-0.25, -0.2) is 8.42 Å². The average Bonchev–Trinajstić information content (AvgIpc) is 2.26. The molecule has 0 N–H and O–H groups in total. The molecule has 0 bridgehead atoms. The summed E-state index contributed by atoms with van der Waals surface area (Å²) in [6, 6.07) is 8.55. The Balaban J connectivity index is 2.36. The van der Waals surface area contributed by atoms with Gasteiger partial charge in [0.25, 0.3) is 0 Å². The quantitative estimate of drug-likeness (QED) is 0.836. The molecule has 1 fully saturated rings. The molecule has 1 aliphatic heterocycles. The van der Waals surface area contributed by atoms with Crippen LogP contribution in [0.15, 0.2) is 35.2 Å². The zero-order valence-electron chi connectivity index (χ0n) is 11.9. The van der Waals surface area contributed by atoms with Crippen molar-refractivity contribution in [2.45, 2.75) is 43.8 Å². The highest BCUT2D eigenvalue weighted by Gasteiger charge is 2.42. The van der Waals surface area contributed by atoms with Crippen LogP contribution in [0.25, 0.3) is 0 Å². The fraction of sp³-hybridized carbons (Fsp3) is 0.571. The first-order chi connectivity index (χ1) is 8.62. The number of sulfonamides is 1. The highest BCUT2D eigenvalue weighted by Crippen LogP contribution is 2.31. The summed E-state index contributed by atoms with van der Waals surface area (Å²) in [4.78, 5) is 0.337. The number of hydrogen-bond donors (Lipinski definition) is 0. The van der Waals surface area contributed by atoms with Crippen LogP contribution in [-0.2, 0) is 14.8 Å². The lowest BCUT2D eigenvalue weighted by Gasteiger charge is -2.46. The normalized spacial score (nSPS) is 23.2. The van der Waals surface area contributed by atoms with E-state index in [1.165, 1.54) is 4.31 Å². The Labute approximate surface area is 115 Å². The third kappa shape index (κ3) is 3.16. The van der Waals surface area contributed by atoms with Gasteiger partial charge < -0.3 is 4.74 Å². The molecule has 1 aromatic rings. The van der Waals surface area contributed by atoms with Gasteiger partial charge in [0.15, 0.2) is 0 Å². The van der Waals surface area contributed by atoms with Crippen molar-refractivity contribution in [2.24, 2.45) is 0 Å². The summed E-state index contributed by atoms with van der Waals surface area (Å²) < 4.78 is 32.7. The molecule has 0 saturated carbocycles. The summed E-state index contributed by atoms with van der Waals surface area (Å²) in [7, 11) is -3.45. The van der Waals surface area contributed by atoms with Crippen molar-refractivity contribution in [3.8, 4) is 0 Å². The molecule has 1 saturated heterocycles. The Morgan fingerprint density at radius 1 is 1.00 bits per heavy atom. The lowest BCUT2D eigenvalue weighted by molar-refractivity contribution is -0.163. The standard InChI is InChI=1S/C14H21NO3S/c1-13(2)10-15(11-14(3,4)18-13)19(16,17)12-8-6-5-7-9-12/h5-9H,10-11H2,1-4H3. The van der Waals surface area contributed by atoms with E-state index in [4.69, 9.17) is 4.74 Å². The van der Waals surface area contributed by atoms with Crippen LogP contribution in [0.4, 0.5) is 0 Å². The van der Waals surface area contributed by atoms with Gasteiger partial charge in [-0.15, -0.1) is 0 Å². The molecule has 5 heteroatoms. The van der Waals surface area contributed by atoms with E-state index in [0.29, 0.717) is 18.0 Å². The van der Waals surface area contributed by atoms with Crippen LogP contribution in [0.2, 0.25) is 0 Å². The van der Waals surface area contributed by atoms with Crippen LogP contribution in [0.3, 0.4) is 0 Å². The lowest BCUT2D eigenvalue weighted by atomic mass is 10.0. The molecule has 0 spiro atoms.